The summed E-state index contributed by atoms with van der Waals surface area (Å²) in [5, 5.41) is 12.8. The van der Waals surface area contributed by atoms with Gasteiger partial charge in [0, 0.05) is 65.6 Å². The fourth-order valence-electron chi connectivity index (χ4n) is 10.2. The molecule has 14 aromatic rings. The van der Waals surface area contributed by atoms with Crippen molar-refractivity contribution in [3.05, 3.63) is 182 Å². The highest BCUT2D eigenvalue weighted by Gasteiger charge is 2.27. The van der Waals surface area contributed by atoms with Crippen LogP contribution in [0.15, 0.2) is 182 Å². The summed E-state index contributed by atoms with van der Waals surface area (Å²) in [5.41, 5.74) is 11.2. The third-order valence-electron chi connectivity index (χ3n) is 12.6. The van der Waals surface area contributed by atoms with Crippen LogP contribution in [0.25, 0.3) is 127 Å². The first-order valence-electron chi connectivity index (χ1n) is 20.0. The fourth-order valence-corrected chi connectivity index (χ4v) is 10.2. The maximum absolute atomic E-state index is 5.16. The quantitative estimate of drug-likeness (QED) is 0.130. The molecule has 0 aliphatic heterocycles. The first-order chi connectivity index (χ1) is 29.3. The molecule has 0 fully saturated rings. The number of benzene rings is 10. The largest absolute Gasteiger partial charge is 0.309 e. The van der Waals surface area contributed by atoms with E-state index in [2.05, 4.69) is 159 Å². The SMILES string of the molecule is c1ccc(-c2nc(-c3ccccc3)nc(-n3c4ccccc4c4cc(-n5c6ccc7ccc8c9c7c6c6c7c(ccc(c79)n8-c7ccccc7)ccc65)ccc43)n2)cc1. The van der Waals surface area contributed by atoms with Crippen LogP contribution >= 0.6 is 0 Å². The highest BCUT2D eigenvalue weighted by Crippen LogP contribution is 2.51. The highest BCUT2D eigenvalue weighted by atomic mass is 15.2. The molecule has 0 aliphatic rings. The van der Waals surface area contributed by atoms with Crippen molar-refractivity contribution in [1.29, 1.82) is 0 Å². The molecular formula is C53H30N6. The summed E-state index contributed by atoms with van der Waals surface area (Å²) < 4.78 is 7.12. The third-order valence-corrected chi connectivity index (χ3v) is 12.6. The Hall–Kier alpha value is -8.09. The summed E-state index contributed by atoms with van der Waals surface area (Å²) in [4.78, 5) is 15.3. The third kappa shape index (κ3) is 4.06. The molecule has 0 N–H and O–H groups in total. The Kier molecular flexibility index (Phi) is 5.93. The van der Waals surface area contributed by atoms with E-state index in [1.165, 1.54) is 70.8 Å². The van der Waals surface area contributed by atoms with Crippen molar-refractivity contribution in [2.75, 3.05) is 0 Å². The Bertz CT molecular complexity index is 3760. The molecule has 0 spiro atoms. The minimum Gasteiger partial charge on any atom is -0.309 e. The Morgan fingerprint density at radius 2 is 0.729 bits per heavy atom. The first-order valence-corrected chi connectivity index (χ1v) is 20.0. The van der Waals surface area contributed by atoms with Gasteiger partial charge in [0.05, 0.1) is 33.1 Å². The number of hydrogen-bond acceptors (Lipinski definition) is 3. The van der Waals surface area contributed by atoms with Crippen LogP contribution in [0.5, 0.6) is 0 Å². The number of rotatable bonds is 5. The summed E-state index contributed by atoms with van der Waals surface area (Å²) >= 11 is 0. The second kappa shape index (κ2) is 11.3. The van der Waals surface area contributed by atoms with Gasteiger partial charge in [-0.05, 0) is 71.4 Å². The molecule has 6 nitrogen and oxygen atoms in total. The lowest BCUT2D eigenvalue weighted by Gasteiger charge is -2.12. The van der Waals surface area contributed by atoms with Crippen LogP contribution in [-0.2, 0) is 0 Å². The minimum atomic E-state index is 0.586. The molecule has 0 atom stereocenters. The molecule has 0 saturated carbocycles. The summed E-state index contributed by atoms with van der Waals surface area (Å²) in [6.45, 7) is 0. The van der Waals surface area contributed by atoms with Gasteiger partial charge in [0.2, 0.25) is 5.95 Å². The molecule has 0 amide bonds. The molecule has 4 aromatic heterocycles. The van der Waals surface area contributed by atoms with Crippen LogP contribution < -0.4 is 0 Å². The molecule has 0 aliphatic carbocycles. The van der Waals surface area contributed by atoms with Crippen molar-refractivity contribution in [2.45, 2.75) is 0 Å². The van der Waals surface area contributed by atoms with Crippen molar-refractivity contribution < 1.29 is 0 Å². The van der Waals surface area contributed by atoms with E-state index in [0.29, 0.717) is 17.6 Å². The van der Waals surface area contributed by atoms with E-state index in [1.807, 2.05) is 36.4 Å². The molecule has 272 valence electrons. The van der Waals surface area contributed by atoms with E-state index >= 15 is 0 Å². The Morgan fingerprint density at radius 3 is 1.27 bits per heavy atom. The molecule has 14 rings (SSSR count). The summed E-state index contributed by atoms with van der Waals surface area (Å²) in [6.07, 6.45) is 0. The molecule has 0 radical (unpaired) electrons. The minimum absolute atomic E-state index is 0.586. The average Bonchev–Trinajstić information content (AvgIpc) is 3.96. The number of aromatic nitrogens is 6. The molecule has 10 aromatic carbocycles. The molecule has 6 heteroatoms. The fraction of sp³-hybridized carbons (Fsp3) is 0. The lowest BCUT2D eigenvalue weighted by atomic mass is 9.90. The zero-order valence-electron chi connectivity index (χ0n) is 31.5. The predicted molar refractivity (Wildman–Crippen MR) is 242 cm³/mol. The van der Waals surface area contributed by atoms with Gasteiger partial charge in [-0.25, -0.2) is 4.98 Å². The van der Waals surface area contributed by atoms with E-state index in [0.717, 1.165) is 38.6 Å². The summed E-state index contributed by atoms with van der Waals surface area (Å²) in [7, 11) is 0. The number of para-hydroxylation sites is 2. The van der Waals surface area contributed by atoms with E-state index in [4.69, 9.17) is 15.0 Å². The van der Waals surface area contributed by atoms with E-state index in [-0.39, 0.29) is 0 Å². The maximum Gasteiger partial charge on any atom is 0.238 e. The molecule has 0 saturated heterocycles. The smallest absolute Gasteiger partial charge is 0.238 e. The van der Waals surface area contributed by atoms with Crippen molar-refractivity contribution in [2.24, 2.45) is 0 Å². The van der Waals surface area contributed by atoms with Crippen LogP contribution in [0.3, 0.4) is 0 Å². The average molecular weight is 751 g/mol. The monoisotopic (exact) mass is 750 g/mol. The summed E-state index contributed by atoms with van der Waals surface area (Å²) in [6, 6.07) is 65.1. The Labute approximate surface area is 336 Å². The normalized spacial score (nSPS) is 12.4. The second-order valence-corrected chi connectivity index (χ2v) is 15.6. The van der Waals surface area contributed by atoms with Crippen LogP contribution in [0.4, 0.5) is 0 Å². The Balaban J connectivity index is 1.05. The number of fused-ring (bicyclic) bond motifs is 3. The molecule has 59 heavy (non-hydrogen) atoms. The van der Waals surface area contributed by atoms with Gasteiger partial charge in [-0.1, -0.05) is 121 Å². The van der Waals surface area contributed by atoms with Gasteiger partial charge in [0.1, 0.15) is 0 Å². The molecular weight excluding hydrogens is 721 g/mol. The van der Waals surface area contributed by atoms with Crippen LogP contribution in [-0.4, -0.2) is 28.7 Å². The number of nitrogens with zero attached hydrogens (tertiary/aromatic N) is 6. The summed E-state index contributed by atoms with van der Waals surface area (Å²) in [5.74, 6) is 1.86. The van der Waals surface area contributed by atoms with Crippen molar-refractivity contribution >= 4 is 87.0 Å². The van der Waals surface area contributed by atoms with Gasteiger partial charge >= 0.3 is 0 Å². The molecule has 0 bridgehead atoms. The lowest BCUT2D eigenvalue weighted by Crippen LogP contribution is -2.06. The number of hydrogen-bond donors (Lipinski definition) is 0. The van der Waals surface area contributed by atoms with Crippen LogP contribution in [0.1, 0.15) is 0 Å². The molecule has 4 heterocycles. The zero-order valence-corrected chi connectivity index (χ0v) is 31.5. The maximum atomic E-state index is 5.16. The van der Waals surface area contributed by atoms with Crippen LogP contribution in [0, 0.1) is 0 Å². The van der Waals surface area contributed by atoms with E-state index < -0.39 is 0 Å². The topological polar surface area (TPSA) is 53.5 Å². The van der Waals surface area contributed by atoms with E-state index in [1.54, 1.807) is 0 Å². The first kappa shape index (κ1) is 31.0. The van der Waals surface area contributed by atoms with Crippen molar-refractivity contribution in [1.82, 2.24) is 28.7 Å². The van der Waals surface area contributed by atoms with Gasteiger partial charge < -0.3 is 9.13 Å². The van der Waals surface area contributed by atoms with Gasteiger partial charge in [-0.3, -0.25) is 4.57 Å². The lowest BCUT2D eigenvalue weighted by molar-refractivity contribution is 0.953. The molecule has 0 unspecified atom stereocenters. The van der Waals surface area contributed by atoms with Gasteiger partial charge in [-0.2, -0.15) is 9.97 Å². The van der Waals surface area contributed by atoms with Gasteiger partial charge in [-0.15, -0.1) is 0 Å². The van der Waals surface area contributed by atoms with Gasteiger partial charge in [0.15, 0.2) is 11.6 Å². The zero-order chi connectivity index (χ0) is 38.3. The van der Waals surface area contributed by atoms with Gasteiger partial charge in [0.25, 0.3) is 0 Å². The van der Waals surface area contributed by atoms with Crippen molar-refractivity contribution in [3.63, 3.8) is 0 Å². The standard InChI is InChI=1S/C53H30N6/c1-4-12-33(13-5-1)51-54-52(34-14-6-2-7-15-34)56-53(55-51)59-39-19-11-10-18-37(39)38-30-36(24-29-40(38)59)58-43-27-22-31-20-25-41-47-45(31)49(43)50-44(58)28-23-32-21-26-42(48(47)46(32)50)57(41)35-16-8-3-9-17-35/h1-30H. The predicted octanol–water partition coefficient (Wildman–Crippen LogP) is 13.1. The van der Waals surface area contributed by atoms with Crippen LogP contribution in [0.2, 0.25) is 0 Å². The van der Waals surface area contributed by atoms with E-state index in [9.17, 15) is 0 Å². The highest BCUT2D eigenvalue weighted by molar-refractivity contribution is 6.45. The second-order valence-electron chi connectivity index (χ2n) is 15.6. The van der Waals surface area contributed by atoms with Crippen molar-refractivity contribution in [3.8, 4) is 40.1 Å². The Morgan fingerprint density at radius 1 is 0.288 bits per heavy atom.